The summed E-state index contributed by atoms with van der Waals surface area (Å²) in [5.41, 5.74) is 0. The number of nitrogens with zero attached hydrogens (tertiary/aromatic N) is 2. The molecule has 0 unspecified atom stereocenters. The largest absolute Gasteiger partial charge is 0.480 e. The Balaban J connectivity index is 3.00. The van der Waals surface area contributed by atoms with E-state index in [9.17, 15) is 23.3 Å². The van der Waals surface area contributed by atoms with Crippen molar-refractivity contribution in [3.05, 3.63) is 28.4 Å². The first-order valence-corrected chi connectivity index (χ1v) is 6.62. The highest BCUT2D eigenvalue weighted by Crippen LogP contribution is 2.13. The Hall–Kier alpha value is -2.07. The molecular weight excluding hydrogens is 278 g/mol. The van der Waals surface area contributed by atoms with Crippen LogP contribution in [0.2, 0.25) is 0 Å². The van der Waals surface area contributed by atoms with Gasteiger partial charge in [-0.05, 0) is 22.4 Å². The van der Waals surface area contributed by atoms with Gasteiger partial charge in [-0.25, -0.2) is 8.42 Å². The normalized spacial score (nSPS) is 12.9. The number of carboxylic acids is 1. The first kappa shape index (κ1) is 15.0. The molecule has 9 nitrogen and oxygen atoms in total. The third-order valence-corrected chi connectivity index (χ3v) is 3.68. The van der Waals surface area contributed by atoms with Crippen LogP contribution in [0.15, 0.2) is 23.2 Å². The lowest BCUT2D eigenvalue weighted by Crippen LogP contribution is -2.40. The lowest BCUT2D eigenvalue weighted by atomic mass is 10.2. The summed E-state index contributed by atoms with van der Waals surface area (Å²) in [4.78, 5) is 23.4. The van der Waals surface area contributed by atoms with E-state index >= 15 is 0 Å². The van der Waals surface area contributed by atoms with Crippen LogP contribution in [0, 0.1) is 10.1 Å². The zero-order valence-corrected chi connectivity index (χ0v) is 10.6. The van der Waals surface area contributed by atoms with Gasteiger partial charge in [-0.1, -0.05) is 6.92 Å². The lowest BCUT2D eigenvalue weighted by molar-refractivity contribution is -0.389. The molecule has 104 valence electrons. The number of hydrogen-bond donors (Lipinski definition) is 2. The Morgan fingerprint density at radius 2 is 2.21 bits per heavy atom. The molecule has 0 amide bonds. The summed E-state index contributed by atoms with van der Waals surface area (Å²) in [6.45, 7) is 1.51. The molecule has 1 aromatic heterocycles. The molecule has 0 bridgehead atoms. The molecule has 1 aromatic rings. The van der Waals surface area contributed by atoms with E-state index in [1.54, 1.807) is 0 Å². The van der Waals surface area contributed by atoms with Crippen LogP contribution in [-0.2, 0) is 14.8 Å². The molecule has 0 saturated heterocycles. The number of nitro groups is 1. The van der Waals surface area contributed by atoms with Crippen molar-refractivity contribution in [3.8, 4) is 0 Å². The van der Waals surface area contributed by atoms with Gasteiger partial charge in [0.2, 0.25) is 10.0 Å². The van der Waals surface area contributed by atoms with Crippen LogP contribution in [0.25, 0.3) is 0 Å². The number of carboxylic acid groups (broad SMARTS) is 1. The zero-order chi connectivity index (χ0) is 14.6. The summed E-state index contributed by atoms with van der Waals surface area (Å²) >= 11 is 0. The molecule has 0 aromatic carbocycles. The van der Waals surface area contributed by atoms with Gasteiger partial charge in [-0.15, -0.1) is 0 Å². The minimum absolute atomic E-state index is 0.0645. The standard InChI is InChI=1S/C9H11N3O6S/c1-2-7(9(13)14)11-19(17,18)6-3-4-8(10-5-6)12(15)16/h3-5,7,11H,2H2,1H3,(H,13,14)/t7-/m0/s1. The maximum absolute atomic E-state index is 11.8. The number of pyridine rings is 1. The molecule has 0 aliphatic rings. The quantitative estimate of drug-likeness (QED) is 0.560. The summed E-state index contributed by atoms with van der Waals surface area (Å²) in [6, 6.07) is 0.651. The summed E-state index contributed by atoms with van der Waals surface area (Å²) in [5.74, 6) is -1.80. The Morgan fingerprint density at radius 1 is 1.58 bits per heavy atom. The number of nitrogens with one attached hydrogen (secondary N) is 1. The maximum atomic E-state index is 11.8. The molecule has 0 fully saturated rings. The number of rotatable bonds is 6. The van der Waals surface area contributed by atoms with Gasteiger partial charge in [-0.3, -0.25) is 4.79 Å². The second-order valence-electron chi connectivity index (χ2n) is 3.53. The van der Waals surface area contributed by atoms with Gasteiger partial charge in [0.25, 0.3) is 0 Å². The van der Waals surface area contributed by atoms with Crippen molar-refractivity contribution >= 4 is 21.8 Å². The SMILES string of the molecule is CC[C@H](NS(=O)(=O)c1ccc([N+](=O)[O-])nc1)C(=O)O. The van der Waals surface area contributed by atoms with Crippen molar-refractivity contribution in [2.45, 2.75) is 24.3 Å². The fourth-order valence-corrected chi connectivity index (χ4v) is 2.42. The highest BCUT2D eigenvalue weighted by molar-refractivity contribution is 7.89. The highest BCUT2D eigenvalue weighted by atomic mass is 32.2. The summed E-state index contributed by atoms with van der Waals surface area (Å²) in [5, 5.41) is 19.1. The minimum Gasteiger partial charge on any atom is -0.480 e. The molecule has 0 aliphatic heterocycles. The van der Waals surface area contributed by atoms with Gasteiger partial charge in [0, 0.05) is 6.07 Å². The smallest absolute Gasteiger partial charge is 0.363 e. The number of carbonyl (C=O) groups is 1. The van der Waals surface area contributed by atoms with Crippen molar-refractivity contribution in [1.29, 1.82) is 0 Å². The molecule has 19 heavy (non-hydrogen) atoms. The fraction of sp³-hybridized carbons (Fsp3) is 0.333. The monoisotopic (exact) mass is 289 g/mol. The Morgan fingerprint density at radius 3 is 2.58 bits per heavy atom. The van der Waals surface area contributed by atoms with Crippen molar-refractivity contribution in [2.75, 3.05) is 0 Å². The average Bonchev–Trinajstić information content (AvgIpc) is 2.35. The zero-order valence-electron chi connectivity index (χ0n) is 9.81. The van der Waals surface area contributed by atoms with Crippen LogP contribution in [-0.4, -0.2) is 35.4 Å². The molecule has 0 saturated carbocycles. The summed E-state index contributed by atoms with van der Waals surface area (Å²) in [7, 11) is -4.08. The van der Waals surface area contributed by atoms with Crippen LogP contribution < -0.4 is 4.72 Å². The predicted octanol–water partition coefficient (Wildman–Crippen LogP) is 0.131. The highest BCUT2D eigenvalue weighted by Gasteiger charge is 2.25. The Labute approximate surface area is 108 Å². The molecule has 1 atom stereocenters. The summed E-state index contributed by atoms with van der Waals surface area (Å²) < 4.78 is 25.6. The van der Waals surface area contributed by atoms with Gasteiger partial charge in [0.15, 0.2) is 6.20 Å². The molecule has 0 radical (unpaired) electrons. The Kier molecular flexibility index (Phi) is 4.51. The van der Waals surface area contributed by atoms with E-state index in [0.29, 0.717) is 0 Å². The van der Waals surface area contributed by atoms with E-state index < -0.39 is 32.8 Å². The van der Waals surface area contributed by atoms with Crippen molar-refractivity contribution in [2.24, 2.45) is 0 Å². The van der Waals surface area contributed by atoms with Gasteiger partial charge < -0.3 is 15.2 Å². The van der Waals surface area contributed by atoms with E-state index in [-0.39, 0.29) is 11.3 Å². The Bertz CT molecular complexity index is 582. The van der Waals surface area contributed by atoms with Crippen LogP contribution in [0.4, 0.5) is 5.82 Å². The van der Waals surface area contributed by atoms with Crippen LogP contribution in [0.3, 0.4) is 0 Å². The van der Waals surface area contributed by atoms with Crippen molar-refractivity contribution in [1.82, 2.24) is 9.71 Å². The molecule has 0 spiro atoms. The average molecular weight is 289 g/mol. The van der Waals surface area contributed by atoms with Crippen LogP contribution >= 0.6 is 0 Å². The maximum Gasteiger partial charge on any atom is 0.363 e. The van der Waals surface area contributed by atoms with Crippen LogP contribution in [0.1, 0.15) is 13.3 Å². The van der Waals surface area contributed by atoms with E-state index in [1.165, 1.54) is 6.92 Å². The van der Waals surface area contributed by atoms with Gasteiger partial charge in [0.1, 0.15) is 10.9 Å². The second-order valence-corrected chi connectivity index (χ2v) is 5.24. The third-order valence-electron chi connectivity index (χ3n) is 2.22. The van der Waals surface area contributed by atoms with E-state index in [0.717, 1.165) is 18.3 Å². The minimum atomic E-state index is -4.08. The predicted molar refractivity (Wildman–Crippen MR) is 62.9 cm³/mol. The van der Waals surface area contributed by atoms with Crippen LogP contribution in [0.5, 0.6) is 0 Å². The van der Waals surface area contributed by atoms with Gasteiger partial charge >= 0.3 is 11.8 Å². The first-order chi connectivity index (χ1) is 8.77. The van der Waals surface area contributed by atoms with Gasteiger partial charge in [-0.2, -0.15) is 4.72 Å². The fourth-order valence-electron chi connectivity index (χ4n) is 1.20. The van der Waals surface area contributed by atoms with E-state index in [2.05, 4.69) is 4.98 Å². The molecule has 1 heterocycles. The first-order valence-electron chi connectivity index (χ1n) is 5.13. The molecule has 10 heteroatoms. The molecule has 1 rings (SSSR count). The van der Waals surface area contributed by atoms with Crippen molar-refractivity contribution in [3.63, 3.8) is 0 Å². The summed E-state index contributed by atoms with van der Waals surface area (Å²) in [6.07, 6.45) is 0.865. The lowest BCUT2D eigenvalue weighted by Gasteiger charge is -2.11. The topological polar surface area (TPSA) is 140 Å². The van der Waals surface area contributed by atoms with E-state index in [1.807, 2.05) is 4.72 Å². The van der Waals surface area contributed by atoms with Crippen molar-refractivity contribution < 1.29 is 23.2 Å². The molecule has 0 aliphatic carbocycles. The second kappa shape index (κ2) is 5.71. The molecular formula is C9H11N3O6S. The number of hydrogen-bond acceptors (Lipinski definition) is 6. The number of aromatic nitrogens is 1. The third kappa shape index (κ3) is 3.69. The van der Waals surface area contributed by atoms with Gasteiger partial charge in [0.05, 0.1) is 0 Å². The number of aliphatic carboxylic acids is 1. The van der Waals surface area contributed by atoms with E-state index in [4.69, 9.17) is 5.11 Å². The molecule has 2 N–H and O–H groups in total. The number of sulfonamides is 1.